The van der Waals surface area contributed by atoms with E-state index >= 15 is 0 Å². The number of hydrogen-bond acceptors (Lipinski definition) is 3. The molecule has 0 saturated carbocycles. The summed E-state index contributed by atoms with van der Waals surface area (Å²) >= 11 is 0. The van der Waals surface area contributed by atoms with Gasteiger partial charge in [-0.3, -0.25) is 4.79 Å². The van der Waals surface area contributed by atoms with Crippen molar-refractivity contribution < 1.29 is 19.4 Å². The molecule has 5 heteroatoms. The molecule has 0 fully saturated rings. The maximum absolute atomic E-state index is 12.3. The lowest BCUT2D eigenvalue weighted by molar-refractivity contribution is -0.132. The van der Waals surface area contributed by atoms with Crippen molar-refractivity contribution in [1.29, 1.82) is 0 Å². The quantitative estimate of drug-likeness (QED) is 0.516. The summed E-state index contributed by atoms with van der Waals surface area (Å²) in [6.07, 6.45) is 1.41. The van der Waals surface area contributed by atoms with Crippen LogP contribution in [-0.2, 0) is 4.79 Å². The van der Waals surface area contributed by atoms with Crippen molar-refractivity contribution in [3.8, 4) is 11.5 Å². The van der Waals surface area contributed by atoms with Crippen LogP contribution in [0.3, 0.4) is 0 Å². The molecule has 0 aliphatic rings. The third-order valence-corrected chi connectivity index (χ3v) is 4.47. The minimum absolute atomic E-state index is 0.206. The fourth-order valence-electron chi connectivity index (χ4n) is 2.91. The van der Waals surface area contributed by atoms with Crippen LogP contribution in [0.15, 0.2) is 84.6 Å². The minimum Gasteiger partial charge on any atom is -0.477 e. The van der Waals surface area contributed by atoms with E-state index in [9.17, 15) is 14.7 Å². The zero-order valence-electron chi connectivity index (χ0n) is 16.8. The van der Waals surface area contributed by atoms with Gasteiger partial charge < -0.3 is 15.2 Å². The highest BCUT2D eigenvalue weighted by atomic mass is 16.5. The lowest BCUT2D eigenvalue weighted by Gasteiger charge is -2.13. The monoisotopic (exact) mass is 401 g/mol. The average molecular weight is 401 g/mol. The Hall–Kier alpha value is -3.86. The normalized spacial score (nSPS) is 11.2. The molecule has 3 aromatic carbocycles. The first kappa shape index (κ1) is 20.9. The Bertz CT molecular complexity index is 1050. The Morgan fingerprint density at radius 2 is 1.53 bits per heavy atom. The smallest absolute Gasteiger partial charge is 0.352 e. The number of benzene rings is 3. The zero-order valence-corrected chi connectivity index (χ0v) is 16.8. The number of carboxylic acids is 1. The second-order valence-electron chi connectivity index (χ2n) is 7.05. The van der Waals surface area contributed by atoms with Crippen molar-refractivity contribution in [2.75, 3.05) is 0 Å². The summed E-state index contributed by atoms with van der Waals surface area (Å²) in [4.78, 5) is 23.8. The molecule has 0 atom stereocenters. The fraction of sp³-hybridized carbons (Fsp3) is 0.120. The van der Waals surface area contributed by atoms with Crippen LogP contribution in [0.25, 0.3) is 6.08 Å². The maximum atomic E-state index is 12.3. The summed E-state index contributed by atoms with van der Waals surface area (Å²) in [5.74, 6) is 0.0670. The minimum atomic E-state index is -1.22. The van der Waals surface area contributed by atoms with E-state index in [1.54, 1.807) is 54.6 Å². The van der Waals surface area contributed by atoms with Crippen molar-refractivity contribution in [3.63, 3.8) is 0 Å². The third kappa shape index (κ3) is 5.35. The van der Waals surface area contributed by atoms with Gasteiger partial charge in [-0.1, -0.05) is 62.4 Å². The Balaban J connectivity index is 1.76. The van der Waals surface area contributed by atoms with Crippen LogP contribution < -0.4 is 10.1 Å². The summed E-state index contributed by atoms with van der Waals surface area (Å²) < 4.78 is 5.99. The van der Waals surface area contributed by atoms with Crippen molar-refractivity contribution in [2.45, 2.75) is 19.8 Å². The number of aliphatic carboxylic acids is 1. The molecule has 0 aromatic heterocycles. The lowest BCUT2D eigenvalue weighted by Crippen LogP contribution is -2.27. The van der Waals surface area contributed by atoms with E-state index in [0.29, 0.717) is 22.8 Å². The van der Waals surface area contributed by atoms with Gasteiger partial charge in [0, 0.05) is 5.56 Å². The summed E-state index contributed by atoms with van der Waals surface area (Å²) in [7, 11) is 0. The summed E-state index contributed by atoms with van der Waals surface area (Å²) in [6.45, 7) is 4.21. The van der Waals surface area contributed by atoms with E-state index in [2.05, 4.69) is 19.2 Å². The molecule has 5 nitrogen and oxygen atoms in total. The molecule has 0 heterocycles. The van der Waals surface area contributed by atoms with Gasteiger partial charge in [-0.25, -0.2) is 4.79 Å². The first-order valence-electron chi connectivity index (χ1n) is 9.62. The molecule has 0 unspecified atom stereocenters. The van der Waals surface area contributed by atoms with Crippen LogP contribution in [0.1, 0.15) is 41.3 Å². The van der Waals surface area contributed by atoms with Gasteiger partial charge in [-0.05, 0) is 53.5 Å². The Morgan fingerprint density at radius 3 is 2.17 bits per heavy atom. The fourth-order valence-corrected chi connectivity index (χ4v) is 2.91. The number of nitrogens with one attached hydrogen (secondary N) is 1. The van der Waals surface area contributed by atoms with Crippen LogP contribution in [0.2, 0.25) is 0 Å². The average Bonchev–Trinajstić information content (AvgIpc) is 2.75. The molecule has 0 saturated heterocycles. The molecule has 0 spiro atoms. The van der Waals surface area contributed by atoms with Crippen LogP contribution in [-0.4, -0.2) is 17.0 Å². The van der Waals surface area contributed by atoms with Crippen LogP contribution in [0.5, 0.6) is 11.5 Å². The molecule has 3 aromatic rings. The first-order chi connectivity index (χ1) is 14.4. The van der Waals surface area contributed by atoms with Crippen LogP contribution >= 0.6 is 0 Å². The third-order valence-electron chi connectivity index (χ3n) is 4.47. The predicted octanol–water partition coefficient (Wildman–Crippen LogP) is 5.46. The Labute approximate surface area is 175 Å². The number of carbonyl (C=O) groups excluding carboxylic acids is 1. The van der Waals surface area contributed by atoms with Gasteiger partial charge in [0.1, 0.15) is 17.2 Å². The molecule has 30 heavy (non-hydrogen) atoms. The number of amides is 1. The van der Waals surface area contributed by atoms with Gasteiger partial charge in [0.25, 0.3) is 5.91 Å². The molecule has 0 radical (unpaired) electrons. The summed E-state index contributed by atoms with van der Waals surface area (Å²) in [5.41, 5.74) is 1.92. The molecule has 0 aliphatic heterocycles. The van der Waals surface area contributed by atoms with Crippen molar-refractivity contribution in [3.05, 3.63) is 101 Å². The van der Waals surface area contributed by atoms with Crippen LogP contribution in [0.4, 0.5) is 0 Å². The molecule has 0 bridgehead atoms. The highest BCUT2D eigenvalue weighted by molar-refractivity contribution is 6.02. The van der Waals surface area contributed by atoms with Gasteiger partial charge in [-0.2, -0.15) is 0 Å². The Morgan fingerprint density at radius 1 is 0.900 bits per heavy atom. The molecule has 152 valence electrons. The summed E-state index contributed by atoms with van der Waals surface area (Å²) in [5, 5.41) is 11.9. The molecule has 0 aliphatic carbocycles. The lowest BCUT2D eigenvalue weighted by atomic mass is 10.0. The predicted molar refractivity (Wildman–Crippen MR) is 117 cm³/mol. The van der Waals surface area contributed by atoms with Gasteiger partial charge in [0.05, 0.1) is 0 Å². The van der Waals surface area contributed by atoms with Crippen molar-refractivity contribution >= 4 is 18.0 Å². The number of para-hydroxylation sites is 1. The second-order valence-corrected chi connectivity index (χ2v) is 7.05. The topological polar surface area (TPSA) is 75.6 Å². The van der Waals surface area contributed by atoms with Crippen LogP contribution in [0, 0.1) is 0 Å². The van der Waals surface area contributed by atoms with Gasteiger partial charge >= 0.3 is 5.97 Å². The highest BCUT2D eigenvalue weighted by Crippen LogP contribution is 2.30. The number of ether oxygens (including phenoxy) is 1. The molecular weight excluding hydrogens is 378 g/mol. The molecule has 3 rings (SSSR count). The SMILES string of the molecule is CC(C)c1ccccc1Oc1ccc(/C=C(/NC(=O)c2ccccc2)C(=O)O)cc1. The van der Waals surface area contributed by atoms with Gasteiger partial charge in [0.15, 0.2) is 0 Å². The standard InChI is InChI=1S/C25H23NO4/c1-17(2)21-10-6-7-11-23(21)30-20-14-12-18(13-15-20)16-22(25(28)29)26-24(27)19-8-4-3-5-9-19/h3-17H,1-2H3,(H,26,27)(H,28,29)/b22-16+. The van der Waals surface area contributed by atoms with E-state index in [1.165, 1.54) is 6.08 Å². The van der Waals surface area contributed by atoms with E-state index in [4.69, 9.17) is 4.74 Å². The van der Waals surface area contributed by atoms with Gasteiger partial charge in [0.2, 0.25) is 0 Å². The van der Waals surface area contributed by atoms with Crippen molar-refractivity contribution in [1.82, 2.24) is 5.32 Å². The number of rotatable bonds is 7. The highest BCUT2D eigenvalue weighted by Gasteiger charge is 2.13. The second kappa shape index (κ2) is 9.56. The molecular formula is C25H23NO4. The van der Waals surface area contributed by atoms with Gasteiger partial charge in [-0.15, -0.1) is 0 Å². The van der Waals surface area contributed by atoms with E-state index < -0.39 is 11.9 Å². The number of hydrogen-bond donors (Lipinski definition) is 2. The maximum Gasteiger partial charge on any atom is 0.352 e. The molecule has 1 amide bonds. The largest absolute Gasteiger partial charge is 0.477 e. The number of carbonyl (C=O) groups is 2. The van der Waals surface area contributed by atoms with E-state index in [-0.39, 0.29) is 5.70 Å². The number of carboxylic acid groups (broad SMARTS) is 1. The van der Waals surface area contributed by atoms with Crippen molar-refractivity contribution in [2.24, 2.45) is 0 Å². The molecule has 2 N–H and O–H groups in total. The zero-order chi connectivity index (χ0) is 21.5. The Kier molecular flexibility index (Phi) is 6.65. The first-order valence-corrected chi connectivity index (χ1v) is 9.62. The van der Waals surface area contributed by atoms with E-state index in [0.717, 1.165) is 11.3 Å². The summed E-state index contributed by atoms with van der Waals surface area (Å²) in [6, 6.07) is 23.3. The van der Waals surface area contributed by atoms with E-state index in [1.807, 2.05) is 24.3 Å².